The van der Waals surface area contributed by atoms with Gasteiger partial charge in [-0.05, 0) is 11.5 Å². The second-order valence-electron chi connectivity index (χ2n) is 6.85. The Bertz CT molecular complexity index is 582. The third kappa shape index (κ3) is 2.69. The van der Waals surface area contributed by atoms with E-state index < -0.39 is 0 Å². The van der Waals surface area contributed by atoms with E-state index in [1.54, 1.807) is 7.05 Å². The molecule has 0 unspecified atom stereocenters. The Morgan fingerprint density at radius 2 is 1.74 bits per heavy atom. The minimum Gasteiger partial charge on any atom is -0.294 e. The van der Waals surface area contributed by atoms with Gasteiger partial charge in [-0.2, -0.15) is 0 Å². The van der Waals surface area contributed by atoms with Gasteiger partial charge < -0.3 is 0 Å². The molecule has 0 bridgehead atoms. The quantitative estimate of drug-likeness (QED) is 0.784. The van der Waals surface area contributed by atoms with Crippen molar-refractivity contribution in [2.75, 3.05) is 13.6 Å². The Balaban J connectivity index is 1.90. The van der Waals surface area contributed by atoms with Crippen molar-refractivity contribution in [3.8, 4) is 0 Å². The molecule has 2 aliphatic heterocycles. The minimum atomic E-state index is -0.152. The summed E-state index contributed by atoms with van der Waals surface area (Å²) in [4.78, 5) is 28.8. The van der Waals surface area contributed by atoms with Gasteiger partial charge >= 0.3 is 0 Å². The molecule has 2 heterocycles. The van der Waals surface area contributed by atoms with Crippen molar-refractivity contribution in [3.05, 3.63) is 35.9 Å². The summed E-state index contributed by atoms with van der Waals surface area (Å²) >= 11 is 0. The Morgan fingerprint density at radius 1 is 1.09 bits per heavy atom. The molecule has 1 aromatic rings. The van der Waals surface area contributed by atoms with Crippen molar-refractivity contribution >= 4 is 11.8 Å². The molecule has 2 fully saturated rings. The molecule has 2 aliphatic rings. The maximum absolute atomic E-state index is 12.6. The summed E-state index contributed by atoms with van der Waals surface area (Å²) in [6.45, 7) is 5.90. The number of benzene rings is 1. The molecule has 3 atom stereocenters. The Kier molecular flexibility index (Phi) is 4.53. The molecule has 23 heavy (non-hydrogen) atoms. The molecule has 1 aromatic carbocycles. The van der Waals surface area contributed by atoms with Crippen molar-refractivity contribution in [1.82, 2.24) is 9.80 Å². The van der Waals surface area contributed by atoms with Gasteiger partial charge in [0.2, 0.25) is 11.8 Å². The molecule has 4 nitrogen and oxygen atoms in total. The maximum Gasteiger partial charge on any atom is 0.234 e. The van der Waals surface area contributed by atoms with Crippen molar-refractivity contribution in [2.24, 2.45) is 17.8 Å². The fourth-order valence-electron chi connectivity index (χ4n) is 4.43. The largest absolute Gasteiger partial charge is 0.294 e. The maximum atomic E-state index is 12.6. The van der Waals surface area contributed by atoms with Crippen LogP contribution in [-0.4, -0.2) is 41.2 Å². The van der Waals surface area contributed by atoms with Crippen LogP contribution < -0.4 is 0 Å². The van der Waals surface area contributed by atoms with Gasteiger partial charge in [0, 0.05) is 26.2 Å². The van der Waals surface area contributed by atoms with Crippen molar-refractivity contribution in [1.29, 1.82) is 0 Å². The molecular weight excluding hydrogens is 288 g/mol. The summed E-state index contributed by atoms with van der Waals surface area (Å²) < 4.78 is 0. The number of carbonyl (C=O) groups is 2. The topological polar surface area (TPSA) is 40.6 Å². The SMILES string of the molecule is CCC(CC)[C@@H]1[C@@H]2C(=O)N(C)C(=O)[C@@H]2CN1Cc1ccccc1. The molecule has 0 aliphatic carbocycles. The second kappa shape index (κ2) is 6.44. The van der Waals surface area contributed by atoms with Gasteiger partial charge in [0.05, 0.1) is 11.8 Å². The molecule has 124 valence electrons. The summed E-state index contributed by atoms with van der Waals surface area (Å²) in [5, 5.41) is 0. The minimum absolute atomic E-state index is 0.00604. The van der Waals surface area contributed by atoms with E-state index in [2.05, 4.69) is 30.9 Å². The van der Waals surface area contributed by atoms with Crippen LogP contribution in [0.25, 0.3) is 0 Å². The first kappa shape index (κ1) is 16.2. The van der Waals surface area contributed by atoms with E-state index in [4.69, 9.17) is 0 Å². The van der Waals surface area contributed by atoms with Crippen LogP contribution in [0.1, 0.15) is 32.3 Å². The molecular formula is C19H26N2O2. The number of likely N-dealkylation sites (tertiary alicyclic amines) is 2. The molecule has 0 radical (unpaired) electrons. The van der Waals surface area contributed by atoms with Crippen LogP contribution in [0.5, 0.6) is 0 Å². The van der Waals surface area contributed by atoms with Gasteiger partial charge in [-0.3, -0.25) is 19.4 Å². The first-order chi connectivity index (χ1) is 11.1. The van der Waals surface area contributed by atoms with Crippen LogP contribution in [-0.2, 0) is 16.1 Å². The molecule has 0 aromatic heterocycles. The molecule has 0 spiro atoms. The zero-order valence-corrected chi connectivity index (χ0v) is 14.2. The van der Waals surface area contributed by atoms with Gasteiger partial charge in [-0.1, -0.05) is 57.0 Å². The van der Waals surface area contributed by atoms with E-state index in [9.17, 15) is 9.59 Å². The van der Waals surface area contributed by atoms with E-state index >= 15 is 0 Å². The number of hydrogen-bond acceptors (Lipinski definition) is 3. The highest BCUT2D eigenvalue weighted by Gasteiger charge is 2.57. The van der Waals surface area contributed by atoms with Crippen LogP contribution in [0, 0.1) is 17.8 Å². The third-order valence-electron chi connectivity index (χ3n) is 5.68. The van der Waals surface area contributed by atoms with E-state index in [-0.39, 0.29) is 29.7 Å². The Hall–Kier alpha value is -1.68. The first-order valence-corrected chi connectivity index (χ1v) is 8.67. The number of nitrogens with zero attached hydrogens (tertiary/aromatic N) is 2. The van der Waals surface area contributed by atoms with Gasteiger partial charge in [0.25, 0.3) is 0 Å². The molecule has 2 saturated heterocycles. The summed E-state index contributed by atoms with van der Waals surface area (Å²) in [5.41, 5.74) is 1.25. The Labute approximate surface area is 138 Å². The molecule has 4 heteroatoms. The molecule has 3 rings (SSSR count). The molecule has 0 N–H and O–H groups in total. The second-order valence-corrected chi connectivity index (χ2v) is 6.85. The fourth-order valence-corrected chi connectivity index (χ4v) is 4.43. The number of carbonyl (C=O) groups excluding carboxylic acids is 2. The highest BCUT2D eigenvalue weighted by molar-refractivity contribution is 6.05. The van der Waals surface area contributed by atoms with Crippen LogP contribution in [0.2, 0.25) is 0 Å². The normalized spacial score (nSPS) is 28.0. The summed E-state index contributed by atoms with van der Waals surface area (Å²) in [6, 6.07) is 10.5. The lowest BCUT2D eigenvalue weighted by Crippen LogP contribution is -2.43. The van der Waals surface area contributed by atoms with Crippen LogP contribution in [0.3, 0.4) is 0 Å². The van der Waals surface area contributed by atoms with E-state index in [0.29, 0.717) is 12.5 Å². The first-order valence-electron chi connectivity index (χ1n) is 8.67. The lowest BCUT2D eigenvalue weighted by atomic mass is 9.82. The highest BCUT2D eigenvalue weighted by Crippen LogP contribution is 2.42. The smallest absolute Gasteiger partial charge is 0.234 e. The average molecular weight is 314 g/mol. The zero-order valence-electron chi connectivity index (χ0n) is 14.2. The van der Waals surface area contributed by atoms with E-state index in [1.807, 2.05) is 18.2 Å². The van der Waals surface area contributed by atoms with E-state index in [1.165, 1.54) is 10.5 Å². The van der Waals surface area contributed by atoms with Gasteiger partial charge in [-0.15, -0.1) is 0 Å². The molecule has 0 saturated carbocycles. The standard InChI is InChI=1S/C19H26N2O2/c1-4-14(5-2)17-16-15(18(22)20(3)19(16)23)12-21(17)11-13-9-7-6-8-10-13/h6-10,14-17H,4-5,11-12H2,1-3H3/t15-,16-,17-/m1/s1. The monoisotopic (exact) mass is 314 g/mol. The lowest BCUT2D eigenvalue weighted by molar-refractivity contribution is -0.139. The number of fused-ring (bicyclic) bond motifs is 1. The van der Waals surface area contributed by atoms with Crippen LogP contribution >= 0.6 is 0 Å². The van der Waals surface area contributed by atoms with Crippen LogP contribution in [0.4, 0.5) is 0 Å². The van der Waals surface area contributed by atoms with Crippen molar-refractivity contribution in [2.45, 2.75) is 39.3 Å². The van der Waals surface area contributed by atoms with Gasteiger partial charge in [0.15, 0.2) is 0 Å². The van der Waals surface area contributed by atoms with Gasteiger partial charge in [-0.25, -0.2) is 0 Å². The highest BCUT2D eigenvalue weighted by atomic mass is 16.2. The average Bonchev–Trinajstić information content (AvgIpc) is 3.02. The van der Waals surface area contributed by atoms with Crippen molar-refractivity contribution in [3.63, 3.8) is 0 Å². The predicted molar refractivity (Wildman–Crippen MR) is 89.5 cm³/mol. The number of hydrogen-bond donors (Lipinski definition) is 0. The van der Waals surface area contributed by atoms with Gasteiger partial charge in [0.1, 0.15) is 0 Å². The summed E-state index contributed by atoms with van der Waals surface area (Å²) in [5.74, 6) is 0.180. The number of amides is 2. The number of imide groups is 1. The summed E-state index contributed by atoms with van der Waals surface area (Å²) in [6.07, 6.45) is 2.09. The Morgan fingerprint density at radius 3 is 2.35 bits per heavy atom. The summed E-state index contributed by atoms with van der Waals surface area (Å²) in [7, 11) is 1.63. The fraction of sp³-hybridized carbons (Fsp3) is 0.579. The third-order valence-corrected chi connectivity index (χ3v) is 5.68. The zero-order chi connectivity index (χ0) is 16.6. The van der Waals surface area contributed by atoms with E-state index in [0.717, 1.165) is 19.4 Å². The van der Waals surface area contributed by atoms with Crippen molar-refractivity contribution < 1.29 is 9.59 Å². The lowest BCUT2D eigenvalue weighted by Gasteiger charge is -2.33. The predicted octanol–water partition coefficient (Wildman–Crippen LogP) is 2.54. The molecule has 2 amide bonds. The number of rotatable bonds is 5. The van der Waals surface area contributed by atoms with Crippen LogP contribution in [0.15, 0.2) is 30.3 Å².